The van der Waals surface area contributed by atoms with E-state index in [-0.39, 0.29) is 0 Å². The highest BCUT2D eigenvalue weighted by molar-refractivity contribution is 7.18. The van der Waals surface area contributed by atoms with Gasteiger partial charge in [0.2, 0.25) is 0 Å². The molecular formula is C16H16N4S. The van der Waals surface area contributed by atoms with Gasteiger partial charge in [0, 0.05) is 29.4 Å². The van der Waals surface area contributed by atoms with Crippen LogP contribution in [0.2, 0.25) is 0 Å². The van der Waals surface area contributed by atoms with Crippen LogP contribution in [0.5, 0.6) is 0 Å². The Labute approximate surface area is 127 Å². The van der Waals surface area contributed by atoms with E-state index < -0.39 is 0 Å². The predicted molar refractivity (Wildman–Crippen MR) is 88.7 cm³/mol. The monoisotopic (exact) mass is 296 g/mol. The summed E-state index contributed by atoms with van der Waals surface area (Å²) >= 11 is 1.72. The van der Waals surface area contributed by atoms with E-state index in [1.165, 1.54) is 4.88 Å². The van der Waals surface area contributed by atoms with E-state index in [4.69, 9.17) is 0 Å². The molecule has 0 aliphatic carbocycles. The number of aromatic nitrogens is 3. The van der Waals surface area contributed by atoms with Crippen LogP contribution in [0.3, 0.4) is 0 Å². The summed E-state index contributed by atoms with van der Waals surface area (Å²) in [4.78, 5) is 15.8. The number of thiophene rings is 1. The minimum atomic E-state index is 0.676. The lowest BCUT2D eigenvalue weighted by Gasteiger charge is -2.06. The summed E-state index contributed by atoms with van der Waals surface area (Å²) in [5.41, 5.74) is 0.924. The molecule has 3 heterocycles. The molecule has 0 aliphatic rings. The maximum Gasteiger partial charge on any atom is 0.164 e. The largest absolute Gasteiger partial charge is 0.366 e. The van der Waals surface area contributed by atoms with Gasteiger partial charge in [0.25, 0.3) is 0 Å². The zero-order valence-electron chi connectivity index (χ0n) is 11.8. The predicted octanol–water partition coefficient (Wildman–Crippen LogP) is 3.91. The minimum absolute atomic E-state index is 0.676. The molecule has 0 aromatic carbocycles. The Bertz CT molecular complexity index is 765. The first-order chi connectivity index (χ1) is 10.3. The number of hydrogen-bond donors (Lipinski definition) is 1. The molecule has 0 saturated heterocycles. The van der Waals surface area contributed by atoms with Crippen LogP contribution in [0.4, 0.5) is 5.82 Å². The first kappa shape index (κ1) is 13.7. The maximum atomic E-state index is 4.68. The van der Waals surface area contributed by atoms with E-state index in [0.717, 1.165) is 28.0 Å². The molecule has 106 valence electrons. The van der Waals surface area contributed by atoms with E-state index in [1.807, 2.05) is 18.2 Å². The lowest BCUT2D eigenvalue weighted by atomic mass is 10.2. The smallest absolute Gasteiger partial charge is 0.164 e. The van der Waals surface area contributed by atoms with Crippen molar-refractivity contribution in [3.8, 4) is 11.4 Å². The first-order valence-corrected chi connectivity index (χ1v) is 7.69. The molecule has 0 unspecified atom stereocenters. The van der Waals surface area contributed by atoms with Crippen LogP contribution in [0.25, 0.3) is 21.6 Å². The summed E-state index contributed by atoms with van der Waals surface area (Å²) in [5.74, 6) is 1.56. The Hall–Kier alpha value is -2.27. The van der Waals surface area contributed by atoms with Crippen LogP contribution >= 0.6 is 11.3 Å². The fourth-order valence-corrected chi connectivity index (χ4v) is 3.04. The standard InChI is InChI=1S/C16H16N4S/c1-3-7-18-15-13-9-12(4-2)21-16(13)20-14(19-15)11-6-5-8-17-10-11/h3,5-6,8-10H,1,4,7H2,2H3,(H,18,19,20). The SMILES string of the molecule is C=CCNc1nc(-c2cccnc2)nc2sc(CC)cc12. The van der Waals surface area contributed by atoms with Gasteiger partial charge in [-0.3, -0.25) is 4.98 Å². The third-order valence-electron chi connectivity index (χ3n) is 3.13. The summed E-state index contributed by atoms with van der Waals surface area (Å²) in [6, 6.07) is 6.03. The van der Waals surface area contributed by atoms with Crippen molar-refractivity contribution in [1.82, 2.24) is 15.0 Å². The van der Waals surface area contributed by atoms with Crippen LogP contribution in [-0.2, 0) is 6.42 Å². The van der Waals surface area contributed by atoms with Gasteiger partial charge >= 0.3 is 0 Å². The zero-order valence-corrected chi connectivity index (χ0v) is 12.7. The molecule has 1 N–H and O–H groups in total. The summed E-state index contributed by atoms with van der Waals surface area (Å²) < 4.78 is 0. The molecule has 0 amide bonds. The molecule has 3 aromatic rings. The van der Waals surface area contributed by atoms with E-state index in [2.05, 4.69) is 39.8 Å². The number of nitrogens with one attached hydrogen (secondary N) is 1. The first-order valence-electron chi connectivity index (χ1n) is 6.87. The fourth-order valence-electron chi connectivity index (χ4n) is 2.07. The normalized spacial score (nSPS) is 10.7. The summed E-state index contributed by atoms with van der Waals surface area (Å²) in [5, 5.41) is 4.38. The molecule has 0 radical (unpaired) electrons. The van der Waals surface area contributed by atoms with E-state index in [1.54, 1.807) is 23.7 Å². The molecule has 0 fully saturated rings. The van der Waals surface area contributed by atoms with Crippen LogP contribution in [0, 0.1) is 0 Å². The average molecular weight is 296 g/mol. The van der Waals surface area contributed by atoms with Crippen molar-refractivity contribution in [2.75, 3.05) is 11.9 Å². The van der Waals surface area contributed by atoms with Gasteiger partial charge in [0.05, 0.1) is 5.39 Å². The second-order valence-corrected chi connectivity index (χ2v) is 5.71. The second kappa shape index (κ2) is 6.01. The molecule has 21 heavy (non-hydrogen) atoms. The van der Waals surface area contributed by atoms with Crippen molar-refractivity contribution in [3.05, 3.63) is 48.1 Å². The highest BCUT2D eigenvalue weighted by Gasteiger charge is 2.12. The number of fused-ring (bicyclic) bond motifs is 1. The molecule has 0 saturated carbocycles. The number of nitrogens with zero attached hydrogens (tertiary/aromatic N) is 3. The van der Waals surface area contributed by atoms with Crippen molar-refractivity contribution in [2.24, 2.45) is 0 Å². The van der Waals surface area contributed by atoms with E-state index in [9.17, 15) is 0 Å². The molecule has 0 bridgehead atoms. The molecule has 0 aliphatic heterocycles. The third-order valence-corrected chi connectivity index (χ3v) is 4.30. The Morgan fingerprint density at radius 1 is 1.38 bits per heavy atom. The van der Waals surface area contributed by atoms with Gasteiger partial charge in [0.15, 0.2) is 5.82 Å². The topological polar surface area (TPSA) is 50.7 Å². The van der Waals surface area contributed by atoms with Crippen molar-refractivity contribution < 1.29 is 0 Å². The number of rotatable bonds is 5. The Kier molecular flexibility index (Phi) is 3.92. The maximum absolute atomic E-state index is 4.68. The third kappa shape index (κ3) is 2.78. The number of hydrogen-bond acceptors (Lipinski definition) is 5. The average Bonchev–Trinajstić information content (AvgIpc) is 2.96. The highest BCUT2D eigenvalue weighted by atomic mass is 32.1. The van der Waals surface area contributed by atoms with Gasteiger partial charge in [0.1, 0.15) is 10.6 Å². The van der Waals surface area contributed by atoms with Crippen LogP contribution in [0.1, 0.15) is 11.8 Å². The van der Waals surface area contributed by atoms with Crippen molar-refractivity contribution >= 4 is 27.4 Å². The highest BCUT2D eigenvalue weighted by Crippen LogP contribution is 2.31. The summed E-state index contributed by atoms with van der Waals surface area (Å²) in [6.07, 6.45) is 6.36. The minimum Gasteiger partial charge on any atom is -0.366 e. The zero-order chi connectivity index (χ0) is 14.7. The molecular weight excluding hydrogens is 280 g/mol. The molecule has 3 rings (SSSR count). The van der Waals surface area contributed by atoms with Crippen LogP contribution in [0.15, 0.2) is 43.2 Å². The van der Waals surface area contributed by atoms with Crippen molar-refractivity contribution in [3.63, 3.8) is 0 Å². The molecule has 4 nitrogen and oxygen atoms in total. The van der Waals surface area contributed by atoms with Gasteiger partial charge in [-0.2, -0.15) is 0 Å². The van der Waals surface area contributed by atoms with Crippen molar-refractivity contribution in [1.29, 1.82) is 0 Å². The molecule has 3 aromatic heterocycles. The Morgan fingerprint density at radius 2 is 2.29 bits per heavy atom. The molecule has 5 heteroatoms. The van der Waals surface area contributed by atoms with Crippen molar-refractivity contribution in [2.45, 2.75) is 13.3 Å². The number of aryl methyl sites for hydroxylation is 1. The second-order valence-electron chi connectivity index (χ2n) is 4.59. The summed E-state index contributed by atoms with van der Waals surface area (Å²) in [7, 11) is 0. The number of anilines is 1. The quantitative estimate of drug-likeness (QED) is 0.725. The Balaban J connectivity index is 2.15. The van der Waals surface area contributed by atoms with E-state index in [0.29, 0.717) is 12.4 Å². The van der Waals surface area contributed by atoms with Gasteiger partial charge in [-0.1, -0.05) is 13.0 Å². The lowest BCUT2D eigenvalue weighted by molar-refractivity contribution is 1.18. The van der Waals surface area contributed by atoms with Gasteiger partial charge < -0.3 is 5.32 Å². The van der Waals surface area contributed by atoms with Gasteiger partial charge in [-0.25, -0.2) is 9.97 Å². The van der Waals surface area contributed by atoms with Crippen LogP contribution in [-0.4, -0.2) is 21.5 Å². The lowest BCUT2D eigenvalue weighted by Crippen LogP contribution is -2.02. The van der Waals surface area contributed by atoms with Gasteiger partial charge in [-0.15, -0.1) is 17.9 Å². The van der Waals surface area contributed by atoms with Gasteiger partial charge in [-0.05, 0) is 24.6 Å². The molecule has 0 spiro atoms. The summed E-state index contributed by atoms with van der Waals surface area (Å²) in [6.45, 7) is 6.57. The molecule has 0 atom stereocenters. The number of pyridine rings is 1. The fraction of sp³-hybridized carbons (Fsp3) is 0.188. The van der Waals surface area contributed by atoms with Crippen LogP contribution < -0.4 is 5.32 Å². The Morgan fingerprint density at radius 3 is 3.00 bits per heavy atom. The van der Waals surface area contributed by atoms with E-state index >= 15 is 0 Å².